The molecule has 0 bridgehead atoms. The summed E-state index contributed by atoms with van der Waals surface area (Å²) in [6, 6.07) is 7.94. The number of unbranched alkanes of at least 4 members (excludes halogenated alkanes) is 1. The molecule has 21 heavy (non-hydrogen) atoms. The van der Waals surface area contributed by atoms with Crippen LogP contribution in [0.15, 0.2) is 24.3 Å². The number of rotatable bonds is 9. The number of aromatic carboxylic acids is 1. The number of aliphatic hydroxyl groups excluding tert-OH is 1. The van der Waals surface area contributed by atoms with E-state index in [-0.39, 0.29) is 18.3 Å². The van der Waals surface area contributed by atoms with Gasteiger partial charge in [0.25, 0.3) is 0 Å². The molecule has 118 valence electrons. The van der Waals surface area contributed by atoms with Crippen LogP contribution in [0.5, 0.6) is 0 Å². The van der Waals surface area contributed by atoms with Crippen molar-refractivity contribution >= 4 is 14.3 Å². The van der Waals surface area contributed by atoms with Crippen molar-refractivity contribution in [3.05, 3.63) is 35.4 Å². The Kier molecular flexibility index (Phi) is 7.08. The van der Waals surface area contributed by atoms with Crippen molar-refractivity contribution in [2.75, 3.05) is 6.61 Å². The molecule has 4 nitrogen and oxygen atoms in total. The number of carboxylic acids is 1. The van der Waals surface area contributed by atoms with E-state index in [1.165, 1.54) is 0 Å². The van der Waals surface area contributed by atoms with Gasteiger partial charge in [-0.25, -0.2) is 4.79 Å². The lowest BCUT2D eigenvalue weighted by Gasteiger charge is -2.30. The van der Waals surface area contributed by atoms with Crippen LogP contribution < -0.4 is 0 Å². The summed E-state index contributed by atoms with van der Waals surface area (Å²) in [6.45, 7) is 6.43. The van der Waals surface area contributed by atoms with Gasteiger partial charge < -0.3 is 14.6 Å². The second kappa shape index (κ2) is 8.31. The van der Waals surface area contributed by atoms with Crippen LogP contribution in [0.2, 0.25) is 19.1 Å². The normalized spacial score (nSPS) is 13.1. The summed E-state index contributed by atoms with van der Waals surface area (Å²) in [5, 5.41) is 18.6. The Labute approximate surface area is 127 Å². The van der Waals surface area contributed by atoms with Crippen molar-refractivity contribution in [2.45, 2.75) is 51.4 Å². The molecule has 0 spiro atoms. The zero-order valence-electron chi connectivity index (χ0n) is 13.1. The molecule has 1 unspecified atom stereocenters. The van der Waals surface area contributed by atoms with Gasteiger partial charge in [0, 0.05) is 6.61 Å². The molecule has 0 saturated heterocycles. The van der Waals surface area contributed by atoms with Gasteiger partial charge in [-0.15, -0.1) is 0 Å². The number of carbonyl (C=O) groups is 1. The Morgan fingerprint density at radius 3 is 2.57 bits per heavy atom. The van der Waals surface area contributed by atoms with Crippen LogP contribution in [-0.4, -0.2) is 31.1 Å². The molecule has 2 N–H and O–H groups in total. The van der Waals surface area contributed by atoms with Crippen LogP contribution in [0, 0.1) is 0 Å². The van der Waals surface area contributed by atoms with Crippen LogP contribution in [0.1, 0.15) is 48.2 Å². The van der Waals surface area contributed by atoms with Gasteiger partial charge in [0.2, 0.25) is 0 Å². The van der Waals surface area contributed by atoms with Crippen molar-refractivity contribution in [1.82, 2.24) is 0 Å². The van der Waals surface area contributed by atoms with Gasteiger partial charge in [0.05, 0.1) is 11.7 Å². The first-order chi connectivity index (χ1) is 9.91. The Hall–Kier alpha value is -1.17. The molecule has 0 aliphatic carbocycles. The Bertz CT molecular complexity index is 459. The quantitative estimate of drug-likeness (QED) is 0.680. The summed E-state index contributed by atoms with van der Waals surface area (Å²) in [6.07, 6.45) is 2.31. The van der Waals surface area contributed by atoms with Gasteiger partial charge in [0.15, 0.2) is 8.32 Å². The molecule has 5 heteroatoms. The van der Waals surface area contributed by atoms with Gasteiger partial charge >= 0.3 is 5.97 Å². The van der Waals surface area contributed by atoms with E-state index in [1.54, 1.807) is 18.2 Å². The van der Waals surface area contributed by atoms with Crippen molar-refractivity contribution in [1.29, 1.82) is 0 Å². The van der Waals surface area contributed by atoms with E-state index in [1.807, 2.05) is 6.07 Å². The fourth-order valence-corrected chi connectivity index (χ4v) is 4.75. The molecule has 0 fully saturated rings. The van der Waals surface area contributed by atoms with Gasteiger partial charge in [-0.2, -0.15) is 0 Å². The lowest BCUT2D eigenvalue weighted by Crippen LogP contribution is -2.33. The molecular weight excluding hydrogens is 284 g/mol. The highest BCUT2D eigenvalue weighted by molar-refractivity contribution is 6.71. The third kappa shape index (κ3) is 5.61. The van der Waals surface area contributed by atoms with Crippen molar-refractivity contribution in [2.24, 2.45) is 0 Å². The predicted molar refractivity (Wildman–Crippen MR) is 86.1 cm³/mol. The average molecular weight is 310 g/mol. The second-order valence-corrected chi connectivity index (χ2v) is 10.1. The summed E-state index contributed by atoms with van der Waals surface area (Å²) in [5.74, 6) is -0.954. The zero-order chi connectivity index (χ0) is 15.9. The van der Waals surface area contributed by atoms with Crippen LogP contribution in [0.25, 0.3) is 0 Å². The van der Waals surface area contributed by atoms with Crippen LogP contribution in [0.4, 0.5) is 0 Å². The van der Waals surface area contributed by atoms with Crippen molar-refractivity contribution in [3.63, 3.8) is 0 Å². The van der Waals surface area contributed by atoms with E-state index in [0.717, 1.165) is 18.9 Å². The molecule has 1 atom stereocenters. The third-order valence-electron chi connectivity index (χ3n) is 3.52. The van der Waals surface area contributed by atoms with Crippen LogP contribution in [0.3, 0.4) is 0 Å². The highest BCUT2D eigenvalue weighted by atomic mass is 28.4. The first-order valence-corrected chi connectivity index (χ1v) is 10.6. The van der Waals surface area contributed by atoms with Gasteiger partial charge in [-0.3, -0.25) is 0 Å². The summed E-state index contributed by atoms with van der Waals surface area (Å²) in [5.41, 5.74) is 0.923. The maximum atomic E-state index is 11.4. The van der Waals surface area contributed by atoms with E-state index >= 15 is 0 Å². The number of carboxylic acid groups (broad SMARTS) is 1. The van der Waals surface area contributed by atoms with E-state index in [9.17, 15) is 15.0 Å². The minimum absolute atomic E-state index is 0.0170. The average Bonchev–Trinajstić information content (AvgIpc) is 2.44. The second-order valence-electron chi connectivity index (χ2n) is 5.87. The summed E-state index contributed by atoms with van der Waals surface area (Å²) in [7, 11) is -1.87. The SMILES string of the molecule is CCCC[Si](C)(C)OC(CCO)c1ccccc1C(=O)O. The minimum Gasteiger partial charge on any atom is -0.478 e. The number of aliphatic hydroxyl groups is 1. The van der Waals surface area contributed by atoms with Gasteiger partial charge in [0.1, 0.15) is 0 Å². The molecule has 1 aromatic carbocycles. The monoisotopic (exact) mass is 310 g/mol. The minimum atomic E-state index is -1.87. The molecule has 0 aliphatic rings. The molecule has 0 aliphatic heterocycles. The van der Waals surface area contributed by atoms with Crippen molar-refractivity contribution < 1.29 is 19.4 Å². The van der Waals surface area contributed by atoms with E-state index in [2.05, 4.69) is 20.0 Å². The molecular formula is C16H26O4Si. The van der Waals surface area contributed by atoms with Gasteiger partial charge in [-0.1, -0.05) is 38.0 Å². The van der Waals surface area contributed by atoms with E-state index in [4.69, 9.17) is 4.43 Å². The Balaban J connectivity index is 2.99. The predicted octanol–water partition coefficient (Wildman–Crippen LogP) is 3.83. The lowest BCUT2D eigenvalue weighted by atomic mass is 10.0. The largest absolute Gasteiger partial charge is 0.478 e. The van der Waals surface area contributed by atoms with Crippen LogP contribution >= 0.6 is 0 Å². The Morgan fingerprint density at radius 1 is 1.33 bits per heavy atom. The topological polar surface area (TPSA) is 66.8 Å². The van der Waals surface area contributed by atoms with Crippen LogP contribution in [-0.2, 0) is 4.43 Å². The summed E-state index contributed by atoms with van der Waals surface area (Å²) < 4.78 is 6.27. The molecule has 0 amide bonds. The zero-order valence-corrected chi connectivity index (χ0v) is 14.1. The fourth-order valence-electron chi connectivity index (χ4n) is 2.41. The number of benzene rings is 1. The fraction of sp³-hybridized carbons (Fsp3) is 0.562. The maximum absolute atomic E-state index is 11.4. The highest BCUT2D eigenvalue weighted by Crippen LogP contribution is 2.30. The highest BCUT2D eigenvalue weighted by Gasteiger charge is 2.28. The van der Waals surface area contributed by atoms with E-state index in [0.29, 0.717) is 12.0 Å². The van der Waals surface area contributed by atoms with Crippen molar-refractivity contribution in [3.8, 4) is 0 Å². The molecule has 1 aromatic rings. The first-order valence-electron chi connectivity index (χ1n) is 7.52. The standard InChI is InChI=1S/C16H26O4Si/c1-4-5-12-21(2,3)20-15(10-11-17)13-8-6-7-9-14(13)16(18)19/h6-9,15,17H,4-5,10-12H2,1-3H3,(H,18,19). The third-order valence-corrected chi connectivity index (χ3v) is 6.00. The number of hydrogen-bond acceptors (Lipinski definition) is 3. The summed E-state index contributed by atoms with van der Waals surface area (Å²) >= 11 is 0. The van der Waals surface area contributed by atoms with E-state index < -0.39 is 14.3 Å². The smallest absolute Gasteiger partial charge is 0.336 e. The first kappa shape index (κ1) is 17.9. The maximum Gasteiger partial charge on any atom is 0.336 e. The lowest BCUT2D eigenvalue weighted by molar-refractivity contribution is 0.0687. The molecule has 1 rings (SSSR count). The molecule has 0 radical (unpaired) electrons. The van der Waals surface area contributed by atoms with Gasteiger partial charge in [-0.05, 0) is 37.2 Å². The Morgan fingerprint density at radius 2 is 2.00 bits per heavy atom. The molecule has 0 aromatic heterocycles. The summed E-state index contributed by atoms with van der Waals surface area (Å²) in [4.78, 5) is 11.4. The number of hydrogen-bond donors (Lipinski definition) is 2. The molecule has 0 heterocycles. The molecule has 0 saturated carbocycles.